The van der Waals surface area contributed by atoms with Crippen LogP contribution in [0.4, 0.5) is 5.82 Å². The molecular weight excluding hydrogens is 280 g/mol. The number of aromatic nitrogens is 2. The lowest BCUT2D eigenvalue weighted by Gasteiger charge is -2.08. The molecule has 116 valence electrons. The van der Waals surface area contributed by atoms with Crippen molar-refractivity contribution < 1.29 is 9.53 Å². The van der Waals surface area contributed by atoms with Crippen LogP contribution >= 0.6 is 0 Å². The van der Waals surface area contributed by atoms with E-state index in [1.54, 1.807) is 7.11 Å². The highest BCUT2D eigenvalue weighted by atomic mass is 16.5. The maximum atomic E-state index is 12.0. The summed E-state index contributed by atoms with van der Waals surface area (Å²) in [5.74, 6) is 1.09. The molecule has 6 nitrogen and oxygen atoms in total. The number of nitrogens with two attached hydrogens (primary N) is 1. The molecule has 0 bridgehead atoms. The van der Waals surface area contributed by atoms with Crippen molar-refractivity contribution in [2.24, 2.45) is 0 Å². The summed E-state index contributed by atoms with van der Waals surface area (Å²) < 4.78 is 5.17. The summed E-state index contributed by atoms with van der Waals surface area (Å²) >= 11 is 0. The van der Waals surface area contributed by atoms with Crippen molar-refractivity contribution in [2.75, 3.05) is 19.4 Å². The fourth-order valence-electron chi connectivity index (χ4n) is 1.95. The summed E-state index contributed by atoms with van der Waals surface area (Å²) in [6.45, 7) is 2.68. The molecule has 0 aliphatic carbocycles. The first-order valence-corrected chi connectivity index (χ1v) is 7.20. The number of amides is 1. The number of nitrogen functional groups attached to an aromatic ring is 1. The predicted molar refractivity (Wildman–Crippen MR) is 85.7 cm³/mol. The van der Waals surface area contributed by atoms with Crippen LogP contribution in [0.25, 0.3) is 11.4 Å². The van der Waals surface area contributed by atoms with Gasteiger partial charge in [0.1, 0.15) is 11.6 Å². The summed E-state index contributed by atoms with van der Waals surface area (Å²) in [6.07, 6.45) is 3.40. The number of rotatable bonds is 6. The van der Waals surface area contributed by atoms with Gasteiger partial charge in [0.25, 0.3) is 5.91 Å². The maximum Gasteiger partial charge on any atom is 0.256 e. The van der Waals surface area contributed by atoms with Gasteiger partial charge in [-0.2, -0.15) is 0 Å². The number of unbranched alkanes of at least 4 members (excludes halogenated alkanes) is 1. The van der Waals surface area contributed by atoms with Crippen molar-refractivity contribution in [1.29, 1.82) is 0 Å². The van der Waals surface area contributed by atoms with Crippen LogP contribution in [0, 0.1) is 0 Å². The first kappa shape index (κ1) is 15.8. The highest BCUT2D eigenvalue weighted by Crippen LogP contribution is 2.22. The molecule has 0 unspecified atom stereocenters. The molecule has 0 radical (unpaired) electrons. The van der Waals surface area contributed by atoms with Crippen LogP contribution in [0.5, 0.6) is 5.75 Å². The van der Waals surface area contributed by atoms with Gasteiger partial charge in [-0.1, -0.05) is 25.5 Å². The minimum atomic E-state index is -0.247. The molecule has 1 aromatic heterocycles. The summed E-state index contributed by atoms with van der Waals surface area (Å²) in [4.78, 5) is 20.4. The van der Waals surface area contributed by atoms with Crippen molar-refractivity contribution in [3.8, 4) is 17.1 Å². The largest absolute Gasteiger partial charge is 0.497 e. The van der Waals surface area contributed by atoms with Gasteiger partial charge in [-0.25, -0.2) is 9.97 Å². The summed E-state index contributed by atoms with van der Waals surface area (Å²) in [5, 5.41) is 2.80. The van der Waals surface area contributed by atoms with Crippen LogP contribution in [0.3, 0.4) is 0 Å². The van der Waals surface area contributed by atoms with Crippen LogP contribution in [-0.4, -0.2) is 29.5 Å². The number of hydrogen-bond donors (Lipinski definition) is 2. The van der Waals surface area contributed by atoms with Gasteiger partial charge < -0.3 is 15.8 Å². The van der Waals surface area contributed by atoms with E-state index in [4.69, 9.17) is 10.5 Å². The second-order valence-corrected chi connectivity index (χ2v) is 4.83. The average Bonchev–Trinajstić information content (AvgIpc) is 2.55. The lowest BCUT2D eigenvalue weighted by Crippen LogP contribution is -2.25. The standard InChI is InChI=1S/C16H20N4O2/c1-3-4-8-18-16(21)13-10-19-15(20-14(13)17)11-6-5-7-12(9-11)22-2/h5-7,9-10H,3-4,8H2,1-2H3,(H,18,21)(H2,17,19,20). The van der Waals surface area contributed by atoms with Gasteiger partial charge >= 0.3 is 0 Å². The first-order valence-electron chi connectivity index (χ1n) is 7.20. The Morgan fingerprint density at radius 1 is 1.41 bits per heavy atom. The third-order valence-electron chi connectivity index (χ3n) is 3.21. The SMILES string of the molecule is CCCCNC(=O)c1cnc(-c2cccc(OC)c2)nc1N. The molecule has 2 aromatic rings. The van der Waals surface area contributed by atoms with Gasteiger partial charge in [0.05, 0.1) is 12.7 Å². The molecule has 0 spiro atoms. The number of ether oxygens (including phenoxy) is 1. The van der Waals surface area contributed by atoms with E-state index in [1.807, 2.05) is 24.3 Å². The zero-order valence-electron chi connectivity index (χ0n) is 12.8. The first-order chi connectivity index (χ1) is 10.7. The van der Waals surface area contributed by atoms with Crippen LogP contribution in [0.15, 0.2) is 30.5 Å². The lowest BCUT2D eigenvalue weighted by atomic mass is 10.2. The maximum absolute atomic E-state index is 12.0. The van der Waals surface area contributed by atoms with Gasteiger partial charge in [-0.05, 0) is 18.6 Å². The Morgan fingerprint density at radius 3 is 2.91 bits per heavy atom. The van der Waals surface area contributed by atoms with Crippen molar-refractivity contribution in [1.82, 2.24) is 15.3 Å². The quantitative estimate of drug-likeness (QED) is 0.799. The number of carbonyl (C=O) groups is 1. The lowest BCUT2D eigenvalue weighted by molar-refractivity contribution is 0.0953. The van der Waals surface area contributed by atoms with Crippen LogP contribution in [0.2, 0.25) is 0 Å². The number of anilines is 1. The monoisotopic (exact) mass is 300 g/mol. The number of nitrogens with one attached hydrogen (secondary N) is 1. The Labute approximate surface area is 129 Å². The minimum absolute atomic E-state index is 0.168. The molecule has 0 aliphatic rings. The molecule has 2 rings (SSSR count). The normalized spacial score (nSPS) is 10.3. The Hall–Kier alpha value is -2.63. The van der Waals surface area contributed by atoms with E-state index < -0.39 is 0 Å². The average molecular weight is 300 g/mol. The fraction of sp³-hybridized carbons (Fsp3) is 0.312. The fourth-order valence-corrected chi connectivity index (χ4v) is 1.95. The van der Waals surface area contributed by atoms with Gasteiger partial charge in [0, 0.05) is 18.3 Å². The van der Waals surface area contributed by atoms with Crippen LogP contribution < -0.4 is 15.8 Å². The molecule has 6 heteroatoms. The number of hydrogen-bond acceptors (Lipinski definition) is 5. The number of benzene rings is 1. The van der Waals surface area contributed by atoms with Gasteiger partial charge in [-0.3, -0.25) is 4.79 Å². The molecule has 3 N–H and O–H groups in total. The number of carbonyl (C=O) groups excluding carboxylic acids is 1. The zero-order chi connectivity index (χ0) is 15.9. The molecule has 1 heterocycles. The Kier molecular flexibility index (Phi) is 5.30. The molecule has 0 atom stereocenters. The van der Waals surface area contributed by atoms with Gasteiger partial charge in [0.2, 0.25) is 0 Å². The van der Waals surface area contributed by atoms with Crippen LogP contribution in [0.1, 0.15) is 30.1 Å². The molecule has 22 heavy (non-hydrogen) atoms. The molecule has 1 amide bonds. The highest BCUT2D eigenvalue weighted by molar-refractivity contribution is 5.98. The third-order valence-corrected chi connectivity index (χ3v) is 3.21. The zero-order valence-corrected chi connectivity index (χ0v) is 12.8. The van der Waals surface area contributed by atoms with Gasteiger partial charge in [0.15, 0.2) is 5.82 Å². The third kappa shape index (κ3) is 3.72. The second kappa shape index (κ2) is 7.40. The van der Waals surface area contributed by atoms with Crippen LogP contribution in [-0.2, 0) is 0 Å². The van der Waals surface area contributed by atoms with E-state index in [1.165, 1.54) is 6.20 Å². The van der Waals surface area contributed by atoms with E-state index in [9.17, 15) is 4.79 Å². The minimum Gasteiger partial charge on any atom is -0.497 e. The van der Waals surface area contributed by atoms with E-state index in [2.05, 4.69) is 22.2 Å². The summed E-state index contributed by atoms with van der Waals surface area (Å²) in [7, 11) is 1.60. The predicted octanol–water partition coefficient (Wildman–Crippen LogP) is 2.26. The Bertz CT molecular complexity index is 658. The molecule has 0 saturated heterocycles. The van der Waals surface area contributed by atoms with E-state index >= 15 is 0 Å². The summed E-state index contributed by atoms with van der Waals surface area (Å²) in [6, 6.07) is 7.36. The van der Waals surface area contributed by atoms with E-state index in [-0.39, 0.29) is 11.7 Å². The van der Waals surface area contributed by atoms with E-state index in [0.29, 0.717) is 23.7 Å². The smallest absolute Gasteiger partial charge is 0.256 e. The molecule has 0 aliphatic heterocycles. The van der Waals surface area contributed by atoms with Crippen molar-refractivity contribution in [3.63, 3.8) is 0 Å². The van der Waals surface area contributed by atoms with Crippen molar-refractivity contribution in [3.05, 3.63) is 36.0 Å². The second-order valence-electron chi connectivity index (χ2n) is 4.83. The number of nitrogens with zero attached hydrogens (tertiary/aromatic N) is 2. The molecule has 0 fully saturated rings. The topological polar surface area (TPSA) is 90.1 Å². The molecular formula is C16H20N4O2. The van der Waals surface area contributed by atoms with Crippen molar-refractivity contribution >= 4 is 11.7 Å². The molecule has 1 aromatic carbocycles. The Balaban J connectivity index is 2.20. The van der Waals surface area contributed by atoms with Crippen molar-refractivity contribution in [2.45, 2.75) is 19.8 Å². The van der Waals surface area contributed by atoms with E-state index in [0.717, 1.165) is 18.4 Å². The summed E-state index contributed by atoms with van der Waals surface area (Å²) in [5.41, 5.74) is 6.97. The Morgan fingerprint density at radius 2 is 2.23 bits per heavy atom. The molecule has 0 saturated carbocycles. The van der Waals surface area contributed by atoms with Gasteiger partial charge in [-0.15, -0.1) is 0 Å². The number of methoxy groups -OCH3 is 1. The highest BCUT2D eigenvalue weighted by Gasteiger charge is 2.13.